The van der Waals surface area contributed by atoms with E-state index < -0.39 is 23.7 Å². The zero-order chi connectivity index (χ0) is 29.5. The Morgan fingerprint density at radius 1 is 0.927 bits per heavy atom. The first kappa shape index (κ1) is 29.0. The first-order valence-corrected chi connectivity index (χ1v) is 13.4. The van der Waals surface area contributed by atoms with Crippen LogP contribution in [-0.4, -0.2) is 44.7 Å². The Hall–Kier alpha value is -5.03. The molecule has 1 aliphatic heterocycles. The van der Waals surface area contributed by atoms with Crippen LogP contribution in [-0.2, 0) is 14.4 Å². The molecule has 1 amide bonds. The predicted octanol–water partition coefficient (Wildman–Crippen LogP) is 5.75. The van der Waals surface area contributed by atoms with Crippen molar-refractivity contribution >= 4 is 39.9 Å². The molecular weight excluding hydrogens is 546 g/mol. The van der Waals surface area contributed by atoms with Crippen molar-refractivity contribution < 1.29 is 34.1 Å². The van der Waals surface area contributed by atoms with Gasteiger partial charge in [0.15, 0.2) is 0 Å². The fraction of sp³-hybridized carbons (Fsp3) is 0.167. The Morgan fingerprint density at radius 2 is 1.59 bits per heavy atom. The smallest absolute Gasteiger partial charge is 0.301 e. The van der Waals surface area contributed by atoms with Crippen LogP contribution < -0.4 is 14.4 Å². The maximum atomic E-state index is 13.3. The molecule has 1 unspecified atom stereocenters. The molecule has 11 heteroatoms. The largest absolute Gasteiger partial charge is 0.507 e. The number of hydrogen-bond donors (Lipinski definition) is 2. The van der Waals surface area contributed by atoms with Gasteiger partial charge in [0, 0.05) is 12.5 Å². The highest BCUT2D eigenvalue weighted by atomic mass is 32.1. The number of nitrogens with zero attached hydrogens (tertiary/aromatic N) is 3. The minimum Gasteiger partial charge on any atom is -0.507 e. The van der Waals surface area contributed by atoms with Gasteiger partial charge in [0.25, 0.3) is 11.8 Å². The van der Waals surface area contributed by atoms with E-state index in [0.717, 1.165) is 6.92 Å². The number of aromatic nitrogens is 2. The number of carbonyl (C=O) groups is 3. The molecule has 0 spiro atoms. The van der Waals surface area contributed by atoms with Crippen LogP contribution in [0.2, 0.25) is 0 Å². The van der Waals surface area contributed by atoms with Gasteiger partial charge in [0.2, 0.25) is 5.13 Å². The van der Waals surface area contributed by atoms with Crippen molar-refractivity contribution in [2.24, 2.45) is 0 Å². The van der Waals surface area contributed by atoms with E-state index >= 15 is 0 Å². The van der Waals surface area contributed by atoms with Gasteiger partial charge in [0.1, 0.15) is 28.0 Å². The molecule has 0 aliphatic carbocycles. The first-order chi connectivity index (χ1) is 19.7. The van der Waals surface area contributed by atoms with Crippen molar-refractivity contribution in [1.82, 2.24) is 10.2 Å². The van der Waals surface area contributed by atoms with Gasteiger partial charge in [0.05, 0.1) is 18.2 Å². The maximum Gasteiger partial charge on any atom is 0.301 e. The van der Waals surface area contributed by atoms with Crippen LogP contribution in [0.25, 0.3) is 5.76 Å². The molecule has 210 valence electrons. The molecule has 10 nitrogen and oxygen atoms in total. The van der Waals surface area contributed by atoms with Crippen LogP contribution in [0, 0.1) is 6.92 Å². The number of carboxylic acids is 1. The minimum atomic E-state index is -0.932. The summed E-state index contributed by atoms with van der Waals surface area (Å²) in [5.41, 5.74) is 0.920. The lowest BCUT2D eigenvalue weighted by atomic mass is 9.95. The molecule has 2 N–H and O–H groups in total. The number of ketones is 1. The summed E-state index contributed by atoms with van der Waals surface area (Å²) in [5.74, 6) is -0.927. The van der Waals surface area contributed by atoms with Crippen molar-refractivity contribution in [3.63, 3.8) is 0 Å². The number of hydrogen-bond acceptors (Lipinski definition) is 9. The highest BCUT2D eigenvalue weighted by molar-refractivity contribution is 7.15. The zero-order valence-electron chi connectivity index (χ0n) is 22.5. The summed E-state index contributed by atoms with van der Waals surface area (Å²) in [5, 5.41) is 27.8. The number of aryl methyl sites for hydroxylation is 1. The SMILES string of the molecule is CC(=O)O.CCOc1ccc(/C(O)=C2\C(=O)C(=O)N(c3nnc(C)s3)C2c2cccc(Oc3ccccc3)c2)cc1. The summed E-state index contributed by atoms with van der Waals surface area (Å²) in [6.45, 7) is 5.22. The molecule has 0 bridgehead atoms. The van der Waals surface area contributed by atoms with E-state index in [9.17, 15) is 14.7 Å². The van der Waals surface area contributed by atoms with Gasteiger partial charge in [-0.15, -0.1) is 10.2 Å². The molecule has 1 fully saturated rings. The van der Waals surface area contributed by atoms with Gasteiger partial charge in [-0.05, 0) is 67.9 Å². The van der Waals surface area contributed by atoms with Crippen LogP contribution in [0.5, 0.6) is 17.2 Å². The molecule has 4 aromatic rings. The molecule has 1 saturated heterocycles. The minimum absolute atomic E-state index is 0.0427. The quantitative estimate of drug-likeness (QED) is 0.161. The summed E-state index contributed by atoms with van der Waals surface area (Å²) in [7, 11) is 0. The average molecular weight is 574 g/mol. The van der Waals surface area contributed by atoms with Crippen LogP contribution >= 0.6 is 11.3 Å². The van der Waals surface area contributed by atoms with Crippen molar-refractivity contribution in [3.05, 3.63) is 101 Å². The van der Waals surface area contributed by atoms with E-state index in [0.29, 0.717) is 40.0 Å². The van der Waals surface area contributed by atoms with Crippen molar-refractivity contribution in [1.29, 1.82) is 0 Å². The van der Waals surface area contributed by atoms with Gasteiger partial charge in [-0.25, -0.2) is 0 Å². The van der Waals surface area contributed by atoms with Gasteiger partial charge in [-0.3, -0.25) is 19.3 Å². The Kier molecular flexibility index (Phi) is 9.10. The molecule has 1 aromatic heterocycles. The second-order valence-electron chi connectivity index (χ2n) is 8.74. The number of para-hydroxylation sites is 1. The first-order valence-electron chi connectivity index (χ1n) is 12.6. The topological polar surface area (TPSA) is 139 Å². The number of carbonyl (C=O) groups excluding carboxylic acids is 2. The van der Waals surface area contributed by atoms with Crippen molar-refractivity contribution in [3.8, 4) is 17.2 Å². The number of rotatable bonds is 7. The monoisotopic (exact) mass is 573 g/mol. The summed E-state index contributed by atoms with van der Waals surface area (Å²) in [6, 6.07) is 22.1. The van der Waals surface area contributed by atoms with E-state index in [1.165, 1.54) is 16.2 Å². The lowest BCUT2D eigenvalue weighted by Gasteiger charge is -2.23. The van der Waals surface area contributed by atoms with Gasteiger partial charge in [-0.1, -0.05) is 41.7 Å². The molecule has 3 aromatic carbocycles. The van der Waals surface area contributed by atoms with Crippen LogP contribution in [0.1, 0.15) is 36.0 Å². The van der Waals surface area contributed by atoms with E-state index in [1.54, 1.807) is 55.5 Å². The highest BCUT2D eigenvalue weighted by Crippen LogP contribution is 2.43. The normalized spacial score (nSPS) is 15.7. The summed E-state index contributed by atoms with van der Waals surface area (Å²) in [4.78, 5) is 36.9. The number of anilines is 1. The Balaban J connectivity index is 0.000000909. The Morgan fingerprint density at radius 3 is 2.20 bits per heavy atom. The number of aliphatic hydroxyl groups excluding tert-OH is 1. The molecule has 1 atom stereocenters. The number of carboxylic acid groups (broad SMARTS) is 1. The lowest BCUT2D eigenvalue weighted by Crippen LogP contribution is -2.29. The number of aliphatic carboxylic acids is 1. The van der Waals surface area contributed by atoms with E-state index in [1.807, 2.05) is 37.3 Å². The molecule has 0 radical (unpaired) electrons. The van der Waals surface area contributed by atoms with E-state index in [2.05, 4.69) is 10.2 Å². The fourth-order valence-corrected chi connectivity index (χ4v) is 4.85. The van der Waals surface area contributed by atoms with E-state index in [4.69, 9.17) is 19.4 Å². The fourth-order valence-electron chi connectivity index (χ4n) is 4.13. The van der Waals surface area contributed by atoms with E-state index in [-0.39, 0.29) is 16.5 Å². The van der Waals surface area contributed by atoms with Crippen molar-refractivity contribution in [2.45, 2.75) is 26.8 Å². The van der Waals surface area contributed by atoms with Gasteiger partial charge in [-0.2, -0.15) is 0 Å². The van der Waals surface area contributed by atoms with Crippen LogP contribution in [0.4, 0.5) is 5.13 Å². The van der Waals surface area contributed by atoms with Crippen LogP contribution in [0.3, 0.4) is 0 Å². The standard InChI is InChI=1S/C28H23N3O5S.C2H4O2/c1-3-35-20-14-12-18(13-15-20)25(32)23-24(31(27(34)26(23)33)28-30-29-17(2)37-28)19-8-7-11-22(16-19)36-21-9-5-4-6-10-21;1-2(3)4/h4-16,24,32H,3H2,1-2H3;1H3,(H,3,4)/b25-23+;. The third kappa shape index (κ3) is 6.76. The maximum absolute atomic E-state index is 13.3. The molecule has 5 rings (SSSR count). The summed E-state index contributed by atoms with van der Waals surface area (Å²) in [6.07, 6.45) is 0. The lowest BCUT2D eigenvalue weighted by molar-refractivity contribution is -0.134. The third-order valence-electron chi connectivity index (χ3n) is 5.76. The Labute approximate surface area is 240 Å². The van der Waals surface area contributed by atoms with Crippen molar-refractivity contribution in [2.75, 3.05) is 11.5 Å². The highest BCUT2D eigenvalue weighted by Gasteiger charge is 2.48. The molecule has 41 heavy (non-hydrogen) atoms. The molecule has 0 saturated carbocycles. The van der Waals surface area contributed by atoms with Gasteiger partial charge >= 0.3 is 5.91 Å². The number of aliphatic hydroxyl groups is 1. The van der Waals surface area contributed by atoms with Gasteiger partial charge < -0.3 is 19.7 Å². The number of benzene rings is 3. The Bertz CT molecular complexity index is 1580. The molecule has 2 heterocycles. The summed E-state index contributed by atoms with van der Waals surface area (Å²) < 4.78 is 11.5. The van der Waals surface area contributed by atoms with Crippen LogP contribution in [0.15, 0.2) is 84.4 Å². The third-order valence-corrected chi connectivity index (χ3v) is 6.60. The summed E-state index contributed by atoms with van der Waals surface area (Å²) >= 11 is 1.19. The number of ether oxygens (including phenoxy) is 2. The number of Topliss-reactive ketones (excluding diaryl/α,β-unsaturated/α-hetero) is 1. The number of amides is 1. The predicted molar refractivity (Wildman–Crippen MR) is 153 cm³/mol. The second kappa shape index (κ2) is 12.9. The molecule has 1 aliphatic rings. The average Bonchev–Trinajstić information content (AvgIpc) is 3.49. The molecular formula is C30H27N3O7S. The second-order valence-corrected chi connectivity index (χ2v) is 9.90. The zero-order valence-corrected chi connectivity index (χ0v) is 23.3.